The van der Waals surface area contributed by atoms with Gasteiger partial charge in [-0.05, 0) is 6.07 Å². The zero-order valence-electron chi connectivity index (χ0n) is 9.59. The Labute approximate surface area is 108 Å². The van der Waals surface area contributed by atoms with E-state index in [2.05, 4.69) is 9.98 Å². The SMILES string of the molecule is O=Cc1[nH]c2ccccc2c1C(O)C1=NCCS1. The molecule has 5 heteroatoms. The molecule has 1 aliphatic heterocycles. The number of nitrogens with zero attached hydrogens (tertiary/aromatic N) is 1. The molecule has 0 saturated heterocycles. The molecule has 1 aliphatic rings. The van der Waals surface area contributed by atoms with Gasteiger partial charge in [0.05, 0.1) is 5.69 Å². The molecule has 2 N–H and O–H groups in total. The Hall–Kier alpha value is -1.59. The van der Waals surface area contributed by atoms with Crippen LogP contribution in [0.1, 0.15) is 22.2 Å². The number of carbonyl (C=O) groups is 1. The lowest BCUT2D eigenvalue weighted by atomic mass is 10.1. The van der Waals surface area contributed by atoms with Crippen molar-refractivity contribution in [3.63, 3.8) is 0 Å². The summed E-state index contributed by atoms with van der Waals surface area (Å²) in [6.45, 7) is 0.732. The van der Waals surface area contributed by atoms with Crippen LogP contribution < -0.4 is 0 Å². The van der Waals surface area contributed by atoms with E-state index in [1.807, 2.05) is 24.3 Å². The van der Waals surface area contributed by atoms with Gasteiger partial charge in [-0.2, -0.15) is 0 Å². The van der Waals surface area contributed by atoms with E-state index < -0.39 is 6.10 Å². The molecule has 0 radical (unpaired) electrons. The first-order valence-corrected chi connectivity index (χ1v) is 6.71. The Morgan fingerprint density at radius 2 is 2.28 bits per heavy atom. The molecule has 1 atom stereocenters. The summed E-state index contributed by atoms with van der Waals surface area (Å²) in [4.78, 5) is 18.4. The number of nitrogens with one attached hydrogen (secondary N) is 1. The maximum absolute atomic E-state index is 11.1. The fourth-order valence-electron chi connectivity index (χ4n) is 2.21. The normalized spacial score (nSPS) is 16.8. The number of para-hydroxylation sites is 1. The molecule has 2 heterocycles. The highest BCUT2D eigenvalue weighted by Gasteiger charge is 2.24. The van der Waals surface area contributed by atoms with Crippen LogP contribution in [0.15, 0.2) is 29.3 Å². The van der Waals surface area contributed by atoms with Crippen LogP contribution >= 0.6 is 11.8 Å². The third kappa shape index (κ3) is 1.76. The first-order chi connectivity index (χ1) is 8.81. The van der Waals surface area contributed by atoms with Crippen LogP contribution in [-0.4, -0.2) is 33.7 Å². The van der Waals surface area contributed by atoms with Crippen molar-refractivity contribution in [2.45, 2.75) is 6.10 Å². The Bertz CT molecular complexity index is 633. The minimum atomic E-state index is -0.811. The van der Waals surface area contributed by atoms with Crippen LogP contribution in [0.3, 0.4) is 0 Å². The second-order valence-electron chi connectivity index (χ2n) is 4.09. The van der Waals surface area contributed by atoms with E-state index in [1.165, 1.54) is 0 Å². The van der Waals surface area contributed by atoms with Crippen molar-refractivity contribution in [1.82, 2.24) is 4.98 Å². The number of benzene rings is 1. The molecule has 4 nitrogen and oxygen atoms in total. The fraction of sp³-hybridized carbons (Fsp3) is 0.231. The molecule has 2 aromatic rings. The van der Waals surface area contributed by atoms with Crippen molar-refractivity contribution in [2.75, 3.05) is 12.3 Å². The standard InChI is InChI=1S/C13H12N2O2S/c16-7-10-11(12(17)13-14-5-6-18-13)8-3-1-2-4-9(8)15-10/h1-4,7,12,15,17H,5-6H2. The van der Waals surface area contributed by atoms with Crippen molar-refractivity contribution in [3.8, 4) is 0 Å². The Morgan fingerprint density at radius 3 is 3.00 bits per heavy atom. The molecule has 3 rings (SSSR count). The number of fused-ring (bicyclic) bond motifs is 1. The summed E-state index contributed by atoms with van der Waals surface area (Å²) in [7, 11) is 0. The predicted octanol–water partition coefficient (Wildman–Crippen LogP) is 2.16. The molecule has 0 aliphatic carbocycles. The number of aldehydes is 1. The quantitative estimate of drug-likeness (QED) is 0.831. The second kappa shape index (κ2) is 4.59. The average Bonchev–Trinajstić information content (AvgIpc) is 3.04. The Balaban J connectivity index is 2.17. The summed E-state index contributed by atoms with van der Waals surface area (Å²) < 4.78 is 0. The van der Waals surface area contributed by atoms with Crippen LogP contribution in [0.4, 0.5) is 0 Å². The third-order valence-corrected chi connectivity index (χ3v) is 4.05. The van der Waals surface area contributed by atoms with Crippen molar-refractivity contribution in [3.05, 3.63) is 35.5 Å². The summed E-state index contributed by atoms with van der Waals surface area (Å²) in [6, 6.07) is 7.58. The van der Waals surface area contributed by atoms with Gasteiger partial charge in [0, 0.05) is 28.8 Å². The molecule has 1 aromatic carbocycles. The topological polar surface area (TPSA) is 65.5 Å². The minimum Gasteiger partial charge on any atom is -0.381 e. The van der Waals surface area contributed by atoms with Crippen molar-refractivity contribution >= 4 is 34.0 Å². The molecule has 0 bridgehead atoms. The van der Waals surface area contributed by atoms with Gasteiger partial charge in [0.2, 0.25) is 0 Å². The second-order valence-corrected chi connectivity index (χ2v) is 5.20. The number of aliphatic imine (C=N–C) groups is 1. The Kier molecular flexibility index (Phi) is 2.93. The third-order valence-electron chi connectivity index (χ3n) is 3.01. The van der Waals surface area contributed by atoms with Crippen LogP contribution in [0.2, 0.25) is 0 Å². The summed E-state index contributed by atoms with van der Waals surface area (Å²) in [5, 5.41) is 12.0. The van der Waals surface area contributed by atoms with Crippen molar-refractivity contribution < 1.29 is 9.90 Å². The van der Waals surface area contributed by atoms with Gasteiger partial charge in [-0.1, -0.05) is 18.2 Å². The summed E-state index contributed by atoms with van der Waals surface area (Å²) in [5.74, 6) is 0.894. The molecule has 18 heavy (non-hydrogen) atoms. The van der Waals surface area contributed by atoms with E-state index in [0.29, 0.717) is 16.3 Å². The number of carbonyl (C=O) groups excluding carboxylic acids is 1. The zero-order valence-corrected chi connectivity index (χ0v) is 10.4. The largest absolute Gasteiger partial charge is 0.381 e. The van der Waals surface area contributed by atoms with Gasteiger partial charge < -0.3 is 10.1 Å². The van der Waals surface area contributed by atoms with Gasteiger partial charge in [0.15, 0.2) is 6.29 Å². The predicted molar refractivity (Wildman–Crippen MR) is 73.4 cm³/mol. The smallest absolute Gasteiger partial charge is 0.166 e. The molecule has 0 fully saturated rings. The van der Waals surface area contributed by atoms with E-state index in [9.17, 15) is 9.90 Å². The van der Waals surface area contributed by atoms with Gasteiger partial charge in [0.1, 0.15) is 11.1 Å². The minimum absolute atomic E-state index is 0.430. The number of H-pyrrole nitrogens is 1. The molecular weight excluding hydrogens is 248 g/mol. The van der Waals surface area contributed by atoms with E-state index in [0.717, 1.165) is 29.5 Å². The number of aliphatic hydroxyl groups is 1. The van der Waals surface area contributed by atoms with Crippen molar-refractivity contribution in [1.29, 1.82) is 0 Å². The number of aromatic nitrogens is 1. The fourth-order valence-corrected chi connectivity index (χ4v) is 3.06. The molecule has 0 spiro atoms. The van der Waals surface area contributed by atoms with Crippen molar-refractivity contribution in [2.24, 2.45) is 4.99 Å². The van der Waals surface area contributed by atoms with Gasteiger partial charge in [0.25, 0.3) is 0 Å². The number of aromatic amines is 1. The van der Waals surface area contributed by atoms with Gasteiger partial charge >= 0.3 is 0 Å². The molecule has 0 saturated carbocycles. The molecule has 1 aromatic heterocycles. The van der Waals surface area contributed by atoms with Crippen LogP contribution in [-0.2, 0) is 0 Å². The number of hydrogen-bond acceptors (Lipinski definition) is 4. The highest BCUT2D eigenvalue weighted by molar-refractivity contribution is 8.14. The van der Waals surface area contributed by atoms with Crippen LogP contribution in [0.5, 0.6) is 0 Å². The zero-order chi connectivity index (χ0) is 12.5. The number of aliphatic hydroxyl groups excluding tert-OH is 1. The number of rotatable bonds is 3. The average molecular weight is 260 g/mol. The number of thioether (sulfide) groups is 1. The van der Waals surface area contributed by atoms with Crippen LogP contribution in [0.25, 0.3) is 10.9 Å². The molecule has 1 unspecified atom stereocenters. The van der Waals surface area contributed by atoms with E-state index in [-0.39, 0.29) is 0 Å². The number of hydrogen-bond donors (Lipinski definition) is 2. The highest BCUT2D eigenvalue weighted by atomic mass is 32.2. The first kappa shape index (κ1) is 11.5. The first-order valence-electron chi connectivity index (χ1n) is 5.72. The Morgan fingerprint density at radius 1 is 1.44 bits per heavy atom. The monoisotopic (exact) mass is 260 g/mol. The lowest BCUT2D eigenvalue weighted by Gasteiger charge is -2.10. The van der Waals surface area contributed by atoms with Crippen LogP contribution in [0, 0.1) is 0 Å². The van der Waals surface area contributed by atoms with E-state index in [1.54, 1.807) is 11.8 Å². The van der Waals surface area contributed by atoms with Gasteiger partial charge in [-0.15, -0.1) is 11.8 Å². The van der Waals surface area contributed by atoms with Gasteiger partial charge in [-0.3, -0.25) is 9.79 Å². The van der Waals surface area contributed by atoms with Gasteiger partial charge in [-0.25, -0.2) is 0 Å². The molecule has 92 valence electrons. The molecule has 0 amide bonds. The summed E-state index contributed by atoms with van der Waals surface area (Å²) >= 11 is 1.55. The lowest BCUT2D eigenvalue weighted by molar-refractivity contribution is 0.111. The maximum atomic E-state index is 11.1. The summed E-state index contributed by atoms with van der Waals surface area (Å²) in [5.41, 5.74) is 1.92. The lowest BCUT2D eigenvalue weighted by Crippen LogP contribution is -2.08. The van der Waals surface area contributed by atoms with E-state index >= 15 is 0 Å². The van der Waals surface area contributed by atoms with E-state index in [4.69, 9.17) is 0 Å². The molecular formula is C13H12N2O2S. The maximum Gasteiger partial charge on any atom is 0.166 e. The highest BCUT2D eigenvalue weighted by Crippen LogP contribution is 2.32. The summed E-state index contributed by atoms with van der Waals surface area (Å²) in [6.07, 6.45) is -0.0625.